The Morgan fingerprint density at radius 2 is 2.11 bits per heavy atom. The molecule has 0 radical (unpaired) electrons. The summed E-state index contributed by atoms with van der Waals surface area (Å²) in [5, 5.41) is 3.66. The van der Waals surface area contributed by atoms with E-state index in [0.29, 0.717) is 0 Å². The van der Waals surface area contributed by atoms with Gasteiger partial charge in [-0.3, -0.25) is 0 Å². The van der Waals surface area contributed by atoms with E-state index in [-0.39, 0.29) is 17.3 Å². The van der Waals surface area contributed by atoms with Crippen LogP contribution in [-0.2, 0) is 12.7 Å². The number of benzene rings is 1. The van der Waals surface area contributed by atoms with Gasteiger partial charge in [0, 0.05) is 11.1 Å². The lowest BCUT2D eigenvalue weighted by Gasteiger charge is -2.15. The predicted octanol–water partition coefficient (Wildman–Crippen LogP) is 4.74. The Bertz CT molecular complexity index is 581. The summed E-state index contributed by atoms with van der Waals surface area (Å²) >= 11 is 7.26. The number of hydrogen-bond donors (Lipinski definition) is 1. The van der Waals surface area contributed by atoms with E-state index in [2.05, 4.69) is 10.3 Å². The van der Waals surface area contributed by atoms with Crippen molar-refractivity contribution in [3.05, 3.63) is 44.9 Å². The van der Waals surface area contributed by atoms with E-state index in [1.165, 1.54) is 23.5 Å². The Kier molecular flexibility index (Phi) is 4.01. The van der Waals surface area contributed by atoms with Gasteiger partial charge in [0.25, 0.3) is 0 Å². The number of thiazole rings is 1. The third-order valence-electron chi connectivity index (χ3n) is 2.43. The molecule has 19 heavy (non-hydrogen) atoms. The summed E-state index contributed by atoms with van der Waals surface area (Å²) in [6, 6.07) is 3.72. The highest BCUT2D eigenvalue weighted by atomic mass is 35.5. The van der Waals surface area contributed by atoms with Crippen LogP contribution in [0.25, 0.3) is 0 Å². The van der Waals surface area contributed by atoms with Crippen LogP contribution in [0.1, 0.15) is 15.4 Å². The molecule has 1 aromatic carbocycles. The lowest BCUT2D eigenvalue weighted by molar-refractivity contribution is -0.136. The number of halogens is 4. The van der Waals surface area contributed by atoms with Crippen LogP contribution in [0.4, 0.5) is 18.9 Å². The van der Waals surface area contributed by atoms with Crippen LogP contribution in [0, 0.1) is 6.92 Å². The zero-order chi connectivity index (χ0) is 14.0. The number of anilines is 1. The van der Waals surface area contributed by atoms with Crippen molar-refractivity contribution in [3.63, 3.8) is 0 Å². The Balaban J connectivity index is 2.24. The van der Waals surface area contributed by atoms with Crippen molar-refractivity contribution in [2.75, 3.05) is 5.32 Å². The highest BCUT2D eigenvalue weighted by Crippen LogP contribution is 2.38. The molecule has 7 heteroatoms. The molecule has 0 amide bonds. The van der Waals surface area contributed by atoms with Crippen LogP contribution in [0.2, 0.25) is 5.02 Å². The van der Waals surface area contributed by atoms with E-state index in [0.717, 1.165) is 16.0 Å². The van der Waals surface area contributed by atoms with E-state index >= 15 is 0 Å². The first kappa shape index (κ1) is 14.1. The molecule has 0 saturated heterocycles. The van der Waals surface area contributed by atoms with Crippen molar-refractivity contribution in [2.24, 2.45) is 0 Å². The van der Waals surface area contributed by atoms with Crippen molar-refractivity contribution in [3.8, 4) is 0 Å². The van der Waals surface area contributed by atoms with Crippen LogP contribution >= 0.6 is 22.9 Å². The lowest BCUT2D eigenvalue weighted by atomic mass is 10.1. The van der Waals surface area contributed by atoms with E-state index in [1.54, 1.807) is 6.20 Å². The predicted molar refractivity (Wildman–Crippen MR) is 70.6 cm³/mol. The summed E-state index contributed by atoms with van der Waals surface area (Å²) in [6.45, 7) is 2.10. The summed E-state index contributed by atoms with van der Waals surface area (Å²) in [7, 11) is 0. The monoisotopic (exact) mass is 306 g/mol. The van der Waals surface area contributed by atoms with Gasteiger partial charge in [-0.2, -0.15) is 13.2 Å². The van der Waals surface area contributed by atoms with Gasteiger partial charge in [-0.1, -0.05) is 17.7 Å². The quantitative estimate of drug-likeness (QED) is 0.886. The van der Waals surface area contributed by atoms with Crippen LogP contribution in [0.3, 0.4) is 0 Å². The molecule has 0 saturated carbocycles. The summed E-state index contributed by atoms with van der Waals surface area (Å²) < 4.78 is 38.5. The molecule has 0 fully saturated rings. The zero-order valence-corrected chi connectivity index (χ0v) is 11.5. The third-order valence-corrected chi connectivity index (χ3v) is 3.66. The number of para-hydroxylation sites is 1. The van der Waals surface area contributed by atoms with Crippen molar-refractivity contribution in [1.29, 1.82) is 0 Å². The van der Waals surface area contributed by atoms with E-state index in [1.807, 2.05) is 6.92 Å². The molecule has 0 bridgehead atoms. The zero-order valence-electron chi connectivity index (χ0n) is 9.88. The van der Waals surface area contributed by atoms with Gasteiger partial charge in [-0.15, -0.1) is 11.3 Å². The van der Waals surface area contributed by atoms with E-state index in [9.17, 15) is 13.2 Å². The maximum atomic E-state index is 12.8. The lowest BCUT2D eigenvalue weighted by Crippen LogP contribution is -2.10. The van der Waals surface area contributed by atoms with Crippen molar-refractivity contribution >= 4 is 28.6 Å². The molecule has 1 aromatic heterocycles. The molecule has 2 aromatic rings. The molecule has 1 N–H and O–H groups in total. The minimum Gasteiger partial charge on any atom is -0.378 e. The summed E-state index contributed by atoms with van der Waals surface area (Å²) in [5.74, 6) is 0. The summed E-state index contributed by atoms with van der Waals surface area (Å²) in [4.78, 5) is 4.90. The SMILES string of the molecule is Cc1ncc(CNc2c(Cl)cccc2C(F)(F)F)s1. The Labute approximate surface area is 117 Å². The summed E-state index contributed by atoms with van der Waals surface area (Å²) in [5.41, 5.74) is -0.857. The van der Waals surface area contributed by atoms with Crippen LogP contribution in [-0.4, -0.2) is 4.98 Å². The van der Waals surface area contributed by atoms with Crippen molar-refractivity contribution in [1.82, 2.24) is 4.98 Å². The van der Waals surface area contributed by atoms with Crippen molar-refractivity contribution < 1.29 is 13.2 Å². The van der Waals surface area contributed by atoms with Gasteiger partial charge in [0.2, 0.25) is 0 Å². The first-order valence-corrected chi connectivity index (χ1v) is 6.58. The second kappa shape index (κ2) is 5.38. The fourth-order valence-corrected chi connectivity index (χ4v) is 2.58. The normalized spacial score (nSPS) is 11.6. The number of aryl methyl sites for hydroxylation is 1. The van der Waals surface area contributed by atoms with Gasteiger partial charge in [0.15, 0.2) is 0 Å². The highest BCUT2D eigenvalue weighted by Gasteiger charge is 2.34. The largest absolute Gasteiger partial charge is 0.418 e. The van der Waals surface area contributed by atoms with Gasteiger partial charge in [0.05, 0.1) is 27.8 Å². The van der Waals surface area contributed by atoms with E-state index < -0.39 is 11.7 Å². The molecule has 2 nitrogen and oxygen atoms in total. The standard InChI is InChI=1S/C12H10ClF3N2S/c1-7-17-5-8(19-7)6-18-11-9(12(14,15)16)3-2-4-10(11)13/h2-5,18H,6H2,1H3. The smallest absolute Gasteiger partial charge is 0.378 e. The van der Waals surface area contributed by atoms with Gasteiger partial charge in [-0.25, -0.2) is 4.98 Å². The number of aromatic nitrogens is 1. The van der Waals surface area contributed by atoms with Gasteiger partial charge in [-0.05, 0) is 19.1 Å². The Morgan fingerprint density at radius 3 is 2.68 bits per heavy atom. The summed E-state index contributed by atoms with van der Waals surface area (Å²) in [6.07, 6.45) is -2.80. The highest BCUT2D eigenvalue weighted by molar-refractivity contribution is 7.11. The fourth-order valence-electron chi connectivity index (χ4n) is 1.60. The topological polar surface area (TPSA) is 24.9 Å². The second-order valence-corrected chi connectivity index (χ2v) is 5.59. The number of nitrogens with one attached hydrogen (secondary N) is 1. The van der Waals surface area contributed by atoms with Crippen LogP contribution in [0.15, 0.2) is 24.4 Å². The van der Waals surface area contributed by atoms with Gasteiger partial charge in [0.1, 0.15) is 0 Å². The third kappa shape index (κ3) is 3.39. The van der Waals surface area contributed by atoms with Gasteiger partial charge < -0.3 is 5.32 Å². The minimum absolute atomic E-state index is 0.0519. The first-order valence-electron chi connectivity index (χ1n) is 5.39. The molecule has 0 unspecified atom stereocenters. The average molecular weight is 307 g/mol. The Morgan fingerprint density at radius 1 is 1.37 bits per heavy atom. The maximum Gasteiger partial charge on any atom is 0.418 e. The molecule has 0 aliphatic heterocycles. The van der Waals surface area contributed by atoms with E-state index in [4.69, 9.17) is 11.6 Å². The number of alkyl halides is 3. The number of nitrogens with zero attached hydrogens (tertiary/aromatic N) is 1. The molecule has 0 atom stereocenters. The number of rotatable bonds is 3. The molecule has 102 valence electrons. The average Bonchev–Trinajstić information content (AvgIpc) is 2.72. The number of hydrogen-bond acceptors (Lipinski definition) is 3. The van der Waals surface area contributed by atoms with Crippen molar-refractivity contribution in [2.45, 2.75) is 19.6 Å². The van der Waals surface area contributed by atoms with Crippen LogP contribution < -0.4 is 5.32 Å². The van der Waals surface area contributed by atoms with Gasteiger partial charge >= 0.3 is 6.18 Å². The van der Waals surface area contributed by atoms with Crippen LogP contribution in [0.5, 0.6) is 0 Å². The molecule has 0 aliphatic rings. The molecule has 0 aliphatic carbocycles. The molecule has 0 spiro atoms. The molecular formula is C12H10ClF3N2S. The molecule has 1 heterocycles. The molecule has 2 rings (SSSR count). The fraction of sp³-hybridized carbons (Fsp3) is 0.250. The first-order chi connectivity index (χ1) is 8.88. The maximum absolute atomic E-state index is 12.8. The second-order valence-electron chi connectivity index (χ2n) is 3.86. The Hall–Kier alpha value is -1.27. The minimum atomic E-state index is -4.43. The molecular weight excluding hydrogens is 297 g/mol.